The van der Waals surface area contributed by atoms with Crippen molar-refractivity contribution >= 4 is 0 Å². The molecular formula is C21H31NO. The second kappa shape index (κ2) is 5.66. The molecule has 0 bridgehead atoms. The quantitative estimate of drug-likeness (QED) is 0.598. The van der Waals surface area contributed by atoms with E-state index >= 15 is 0 Å². The van der Waals surface area contributed by atoms with E-state index in [4.69, 9.17) is 4.84 Å². The molecule has 0 N–H and O–H groups in total. The Morgan fingerprint density at radius 2 is 1.74 bits per heavy atom. The normalized spacial score (nSPS) is 25.7. The molecule has 1 aliphatic carbocycles. The third-order valence-electron chi connectivity index (χ3n) is 5.33. The highest BCUT2D eigenvalue weighted by molar-refractivity contribution is 5.43. The molecule has 2 atom stereocenters. The number of allylic oxidation sites excluding steroid dienone is 1. The fourth-order valence-corrected chi connectivity index (χ4v) is 3.84. The predicted molar refractivity (Wildman–Crippen MR) is 96.3 cm³/mol. The first kappa shape index (κ1) is 16.6. The maximum atomic E-state index is 6.22. The van der Waals surface area contributed by atoms with Crippen LogP contribution in [0.15, 0.2) is 35.9 Å². The molecule has 0 fully saturated rings. The molecule has 23 heavy (non-hydrogen) atoms. The lowest BCUT2D eigenvalue weighted by atomic mass is 9.72. The van der Waals surface area contributed by atoms with Gasteiger partial charge in [0, 0.05) is 11.1 Å². The number of fused-ring (bicyclic) bond motifs is 1. The van der Waals surface area contributed by atoms with Gasteiger partial charge in [0.25, 0.3) is 0 Å². The number of nitrogens with zero attached hydrogens (tertiary/aromatic N) is 1. The van der Waals surface area contributed by atoms with Gasteiger partial charge < -0.3 is 4.84 Å². The highest BCUT2D eigenvalue weighted by atomic mass is 16.7. The molecule has 1 unspecified atom stereocenters. The third kappa shape index (κ3) is 3.19. The Hall–Kier alpha value is -1.28. The maximum Gasteiger partial charge on any atom is 0.152 e. The van der Waals surface area contributed by atoms with Gasteiger partial charge >= 0.3 is 0 Å². The molecule has 0 aromatic heterocycles. The molecule has 1 heterocycles. The Bertz CT molecular complexity index is 603. The van der Waals surface area contributed by atoms with E-state index in [-0.39, 0.29) is 11.6 Å². The Morgan fingerprint density at radius 3 is 2.30 bits per heavy atom. The molecule has 0 amide bonds. The van der Waals surface area contributed by atoms with E-state index in [1.165, 1.54) is 30.4 Å². The van der Waals surface area contributed by atoms with Crippen LogP contribution in [0, 0.1) is 11.3 Å². The lowest BCUT2D eigenvalue weighted by molar-refractivity contribution is -0.130. The molecule has 1 aromatic rings. The van der Waals surface area contributed by atoms with Gasteiger partial charge in [-0.1, -0.05) is 45.0 Å². The fourth-order valence-electron chi connectivity index (χ4n) is 3.84. The van der Waals surface area contributed by atoms with Gasteiger partial charge in [-0.3, -0.25) is 0 Å². The van der Waals surface area contributed by atoms with E-state index in [2.05, 4.69) is 76.9 Å². The number of benzene rings is 1. The average molecular weight is 313 g/mol. The topological polar surface area (TPSA) is 12.5 Å². The largest absolute Gasteiger partial charge is 0.404 e. The zero-order valence-electron chi connectivity index (χ0n) is 15.5. The first-order chi connectivity index (χ1) is 10.7. The SMILES string of the molecule is CC(C)(C)[C@@H]1CC=C(C2c3ccccc3ON2C(C)(C)C)CC1. The number of hydroxylamine groups is 2. The van der Waals surface area contributed by atoms with Crippen LogP contribution in [-0.4, -0.2) is 10.6 Å². The van der Waals surface area contributed by atoms with Crippen LogP contribution in [-0.2, 0) is 0 Å². The molecule has 3 rings (SSSR count). The van der Waals surface area contributed by atoms with Crippen LogP contribution in [0.3, 0.4) is 0 Å². The first-order valence-corrected chi connectivity index (χ1v) is 8.93. The molecule has 0 radical (unpaired) electrons. The standard InChI is InChI=1S/C21H31NO/c1-20(2,3)16-13-11-15(12-14-16)19-17-9-7-8-10-18(17)23-22(19)21(4,5)6/h7-11,16,19H,12-14H2,1-6H3/t16-,19?/m1/s1. The molecule has 0 saturated heterocycles. The van der Waals surface area contributed by atoms with Crippen molar-refractivity contribution < 1.29 is 4.84 Å². The van der Waals surface area contributed by atoms with Crippen molar-refractivity contribution in [3.8, 4) is 5.75 Å². The van der Waals surface area contributed by atoms with Crippen molar-refractivity contribution in [3.05, 3.63) is 41.5 Å². The molecule has 0 saturated carbocycles. The molecule has 0 spiro atoms. The van der Waals surface area contributed by atoms with Crippen molar-refractivity contribution in [2.75, 3.05) is 0 Å². The van der Waals surface area contributed by atoms with E-state index in [0.29, 0.717) is 5.41 Å². The van der Waals surface area contributed by atoms with E-state index < -0.39 is 0 Å². The predicted octanol–water partition coefficient (Wildman–Crippen LogP) is 5.91. The molecule has 2 aliphatic rings. The summed E-state index contributed by atoms with van der Waals surface area (Å²) in [5.41, 5.74) is 3.23. The van der Waals surface area contributed by atoms with Crippen molar-refractivity contribution in [1.82, 2.24) is 5.06 Å². The minimum Gasteiger partial charge on any atom is -0.404 e. The smallest absolute Gasteiger partial charge is 0.152 e. The summed E-state index contributed by atoms with van der Waals surface area (Å²) in [6.07, 6.45) is 6.15. The first-order valence-electron chi connectivity index (χ1n) is 8.93. The Morgan fingerprint density at radius 1 is 1.04 bits per heavy atom. The lowest BCUT2D eigenvalue weighted by Crippen LogP contribution is -2.43. The van der Waals surface area contributed by atoms with Crippen LogP contribution >= 0.6 is 0 Å². The Balaban J connectivity index is 1.92. The average Bonchev–Trinajstić information content (AvgIpc) is 2.86. The van der Waals surface area contributed by atoms with Gasteiger partial charge in [-0.15, -0.1) is 5.06 Å². The van der Waals surface area contributed by atoms with Crippen molar-refractivity contribution in [2.45, 2.75) is 72.4 Å². The number of hydrogen-bond acceptors (Lipinski definition) is 2. The van der Waals surface area contributed by atoms with Gasteiger partial charge in [0.1, 0.15) is 0 Å². The lowest BCUT2D eigenvalue weighted by Gasteiger charge is -2.39. The minimum absolute atomic E-state index is 0.0224. The van der Waals surface area contributed by atoms with Crippen LogP contribution in [0.1, 0.15) is 72.4 Å². The summed E-state index contributed by atoms with van der Waals surface area (Å²) in [4.78, 5) is 6.22. The van der Waals surface area contributed by atoms with Gasteiger partial charge in [0.15, 0.2) is 5.75 Å². The van der Waals surface area contributed by atoms with Crippen LogP contribution in [0.4, 0.5) is 0 Å². The second-order valence-electron chi connectivity index (χ2n) is 9.14. The van der Waals surface area contributed by atoms with Crippen molar-refractivity contribution in [1.29, 1.82) is 0 Å². The highest BCUT2D eigenvalue weighted by Gasteiger charge is 2.42. The van der Waals surface area contributed by atoms with E-state index in [0.717, 1.165) is 11.7 Å². The Labute approximate surface area is 141 Å². The van der Waals surface area contributed by atoms with Crippen LogP contribution in [0.25, 0.3) is 0 Å². The Kier molecular flexibility index (Phi) is 4.08. The molecule has 2 nitrogen and oxygen atoms in total. The summed E-state index contributed by atoms with van der Waals surface area (Å²) in [5, 5.41) is 2.20. The van der Waals surface area contributed by atoms with E-state index in [1.807, 2.05) is 0 Å². The van der Waals surface area contributed by atoms with Crippen molar-refractivity contribution in [3.63, 3.8) is 0 Å². The minimum atomic E-state index is -0.0224. The molecule has 126 valence electrons. The monoisotopic (exact) mass is 313 g/mol. The van der Waals surface area contributed by atoms with Crippen LogP contribution < -0.4 is 4.84 Å². The summed E-state index contributed by atoms with van der Waals surface area (Å²) in [7, 11) is 0. The summed E-state index contributed by atoms with van der Waals surface area (Å²) in [6.45, 7) is 13.8. The summed E-state index contributed by atoms with van der Waals surface area (Å²) in [5.74, 6) is 1.80. The molecular weight excluding hydrogens is 282 g/mol. The number of hydrogen-bond donors (Lipinski definition) is 0. The molecule has 2 heteroatoms. The maximum absolute atomic E-state index is 6.22. The van der Waals surface area contributed by atoms with Crippen LogP contribution in [0.5, 0.6) is 5.75 Å². The number of para-hydroxylation sites is 1. The van der Waals surface area contributed by atoms with Gasteiger partial charge in [0.2, 0.25) is 0 Å². The van der Waals surface area contributed by atoms with Crippen molar-refractivity contribution in [2.24, 2.45) is 11.3 Å². The molecule has 1 aromatic carbocycles. The zero-order valence-corrected chi connectivity index (χ0v) is 15.5. The molecule has 1 aliphatic heterocycles. The fraction of sp³-hybridized carbons (Fsp3) is 0.619. The third-order valence-corrected chi connectivity index (χ3v) is 5.33. The van der Waals surface area contributed by atoms with E-state index in [1.54, 1.807) is 0 Å². The number of rotatable bonds is 1. The van der Waals surface area contributed by atoms with Gasteiger partial charge in [0.05, 0.1) is 6.04 Å². The summed E-state index contributed by atoms with van der Waals surface area (Å²) in [6, 6.07) is 8.78. The summed E-state index contributed by atoms with van der Waals surface area (Å²) >= 11 is 0. The van der Waals surface area contributed by atoms with Gasteiger partial charge in [-0.05, 0) is 63.0 Å². The summed E-state index contributed by atoms with van der Waals surface area (Å²) < 4.78 is 0. The second-order valence-corrected chi connectivity index (χ2v) is 9.14. The zero-order chi connectivity index (χ0) is 16.8. The van der Waals surface area contributed by atoms with Gasteiger partial charge in [-0.2, -0.15) is 0 Å². The van der Waals surface area contributed by atoms with E-state index in [9.17, 15) is 0 Å². The van der Waals surface area contributed by atoms with Crippen LogP contribution in [0.2, 0.25) is 0 Å². The van der Waals surface area contributed by atoms with Gasteiger partial charge in [-0.25, -0.2) is 0 Å². The highest BCUT2D eigenvalue weighted by Crippen LogP contribution is 2.48.